The van der Waals surface area contributed by atoms with Gasteiger partial charge in [-0.15, -0.1) is 0 Å². The summed E-state index contributed by atoms with van der Waals surface area (Å²) in [5.74, 6) is -0.745. The summed E-state index contributed by atoms with van der Waals surface area (Å²) in [5, 5.41) is 9.21. The summed E-state index contributed by atoms with van der Waals surface area (Å²) in [6.45, 7) is 4.81. The molecule has 46 heavy (non-hydrogen) atoms. The number of nitrogens with zero attached hydrogens (tertiary/aromatic N) is 2. The van der Waals surface area contributed by atoms with Gasteiger partial charge < -0.3 is 25.8 Å². The largest absolute Gasteiger partial charge is 0.361 e. The molecule has 12 heteroatoms. The minimum absolute atomic E-state index is 0.0309. The van der Waals surface area contributed by atoms with E-state index < -0.39 is 27.5 Å². The molecule has 2 aliphatic rings. The highest BCUT2D eigenvalue weighted by Gasteiger charge is 2.33. The Morgan fingerprint density at radius 2 is 1.61 bits per heavy atom. The number of para-hydroxylation sites is 1. The van der Waals surface area contributed by atoms with Crippen LogP contribution in [-0.2, 0) is 52.0 Å². The van der Waals surface area contributed by atoms with Crippen LogP contribution in [-0.4, -0.2) is 65.6 Å². The van der Waals surface area contributed by atoms with E-state index in [1.165, 1.54) is 6.07 Å². The van der Waals surface area contributed by atoms with Gasteiger partial charge in [0.25, 0.3) is 5.91 Å². The summed E-state index contributed by atoms with van der Waals surface area (Å²) in [6, 6.07) is 17.4. The van der Waals surface area contributed by atoms with E-state index in [0.29, 0.717) is 51.0 Å². The molecule has 1 atom stereocenters. The number of primary sulfonamides is 1. The number of aromatic amines is 1. The van der Waals surface area contributed by atoms with E-state index in [1.807, 2.05) is 42.6 Å². The van der Waals surface area contributed by atoms with Gasteiger partial charge in [0.1, 0.15) is 6.04 Å². The molecule has 6 rings (SSSR count). The molecule has 0 spiro atoms. The van der Waals surface area contributed by atoms with Crippen LogP contribution in [0, 0.1) is 0 Å². The maximum absolute atomic E-state index is 14.0. The Balaban J connectivity index is 1.18. The van der Waals surface area contributed by atoms with Crippen molar-refractivity contribution in [3.8, 4) is 0 Å². The molecule has 1 unspecified atom stereocenters. The van der Waals surface area contributed by atoms with E-state index in [2.05, 4.69) is 10.3 Å². The van der Waals surface area contributed by atoms with Crippen LogP contribution in [0.4, 0.5) is 0 Å². The molecule has 3 aromatic carbocycles. The Morgan fingerprint density at radius 3 is 2.37 bits per heavy atom. The van der Waals surface area contributed by atoms with Crippen LogP contribution >= 0.6 is 0 Å². The molecule has 0 saturated carbocycles. The van der Waals surface area contributed by atoms with Crippen molar-refractivity contribution < 1.29 is 22.8 Å². The van der Waals surface area contributed by atoms with Crippen LogP contribution in [0.3, 0.4) is 0 Å². The normalized spacial score (nSPS) is 15.7. The van der Waals surface area contributed by atoms with Gasteiger partial charge in [-0.2, -0.15) is 0 Å². The van der Waals surface area contributed by atoms with Crippen molar-refractivity contribution in [1.29, 1.82) is 0 Å². The molecule has 2 aliphatic heterocycles. The molecule has 0 fully saturated rings. The van der Waals surface area contributed by atoms with E-state index >= 15 is 0 Å². The number of fused-ring (bicyclic) bond motifs is 3. The lowest BCUT2D eigenvalue weighted by molar-refractivity contribution is -0.138. The summed E-state index contributed by atoms with van der Waals surface area (Å²) in [5.41, 5.74) is 11.0. The number of rotatable bonds is 7. The van der Waals surface area contributed by atoms with Gasteiger partial charge >= 0.3 is 0 Å². The molecule has 3 heterocycles. The number of carbonyl (C=O) groups excluding carboxylic acids is 3. The number of amides is 3. The van der Waals surface area contributed by atoms with Crippen LogP contribution in [0.2, 0.25) is 0 Å². The minimum Gasteiger partial charge on any atom is -0.361 e. The maximum atomic E-state index is 14.0. The molecule has 1 aromatic heterocycles. The number of benzene rings is 3. The average Bonchev–Trinajstić information content (AvgIpc) is 3.44. The Morgan fingerprint density at radius 1 is 0.913 bits per heavy atom. The molecule has 4 aromatic rings. The number of hydrogen-bond acceptors (Lipinski definition) is 6. The lowest BCUT2D eigenvalue weighted by Gasteiger charge is -2.33. The fourth-order valence-electron chi connectivity index (χ4n) is 6.23. The predicted octanol–water partition coefficient (Wildman–Crippen LogP) is 2.36. The molecule has 11 nitrogen and oxygen atoms in total. The van der Waals surface area contributed by atoms with Crippen LogP contribution in [0.15, 0.2) is 71.8 Å². The molecule has 0 bridgehead atoms. The molecular formula is C34H38N6O5S. The highest BCUT2D eigenvalue weighted by molar-refractivity contribution is 7.89. The number of sulfonamides is 1. The van der Waals surface area contributed by atoms with Gasteiger partial charge in [-0.1, -0.05) is 30.3 Å². The fourth-order valence-corrected chi connectivity index (χ4v) is 6.79. The number of carbonyl (C=O) groups is 3. The lowest BCUT2D eigenvalue weighted by Crippen LogP contribution is -2.57. The van der Waals surface area contributed by atoms with Gasteiger partial charge in [0.2, 0.25) is 21.8 Å². The maximum Gasteiger partial charge on any atom is 0.254 e. The van der Waals surface area contributed by atoms with Crippen molar-refractivity contribution in [1.82, 2.24) is 20.1 Å². The van der Waals surface area contributed by atoms with Crippen LogP contribution in [0.5, 0.6) is 0 Å². The van der Waals surface area contributed by atoms with Gasteiger partial charge in [-0.3, -0.25) is 14.4 Å². The third-order valence-electron chi connectivity index (χ3n) is 8.87. The van der Waals surface area contributed by atoms with Gasteiger partial charge in [-0.25, -0.2) is 13.6 Å². The van der Waals surface area contributed by atoms with Gasteiger partial charge in [0.15, 0.2) is 0 Å². The first-order valence-electron chi connectivity index (χ1n) is 15.3. The first kappa shape index (κ1) is 31.5. The van der Waals surface area contributed by atoms with Gasteiger partial charge in [0.05, 0.1) is 10.4 Å². The monoisotopic (exact) mass is 642 g/mol. The Labute approximate surface area is 268 Å². The summed E-state index contributed by atoms with van der Waals surface area (Å²) in [7, 11) is -3.85. The lowest BCUT2D eigenvalue weighted by atomic mass is 9.94. The summed E-state index contributed by atoms with van der Waals surface area (Å²) in [6.07, 6.45) is 3.35. The van der Waals surface area contributed by atoms with Crippen molar-refractivity contribution in [2.75, 3.05) is 13.1 Å². The van der Waals surface area contributed by atoms with Crippen molar-refractivity contribution in [2.24, 2.45) is 10.9 Å². The molecule has 240 valence electrons. The number of aromatic nitrogens is 1. The van der Waals surface area contributed by atoms with E-state index in [-0.39, 0.29) is 16.7 Å². The van der Waals surface area contributed by atoms with Crippen molar-refractivity contribution in [3.63, 3.8) is 0 Å². The highest BCUT2D eigenvalue weighted by Crippen LogP contribution is 2.27. The van der Waals surface area contributed by atoms with Crippen LogP contribution in [0.1, 0.15) is 52.0 Å². The van der Waals surface area contributed by atoms with Crippen molar-refractivity contribution in [2.45, 2.75) is 62.7 Å². The topological polar surface area (TPSA) is 172 Å². The second kappa shape index (κ2) is 12.0. The zero-order valence-electron chi connectivity index (χ0n) is 25.9. The zero-order chi connectivity index (χ0) is 32.8. The number of hydrogen-bond donors (Lipinski definition) is 4. The summed E-state index contributed by atoms with van der Waals surface area (Å²) < 4.78 is 23.7. The predicted molar refractivity (Wildman–Crippen MR) is 174 cm³/mol. The smallest absolute Gasteiger partial charge is 0.254 e. The number of H-pyrrole nitrogens is 1. The second-order valence-corrected chi connectivity index (χ2v) is 14.3. The van der Waals surface area contributed by atoms with E-state index in [4.69, 9.17) is 10.9 Å². The summed E-state index contributed by atoms with van der Waals surface area (Å²) in [4.78, 5) is 47.1. The Hall–Kier alpha value is -4.52. The quantitative estimate of drug-likeness (QED) is 0.241. The van der Waals surface area contributed by atoms with E-state index in [9.17, 15) is 22.8 Å². The second-order valence-electron chi connectivity index (χ2n) is 12.8. The van der Waals surface area contributed by atoms with E-state index in [0.717, 1.165) is 38.7 Å². The van der Waals surface area contributed by atoms with Gasteiger partial charge in [0, 0.05) is 55.3 Å². The molecule has 0 saturated heterocycles. The van der Waals surface area contributed by atoms with Gasteiger partial charge in [-0.05, 0) is 84.8 Å². The highest BCUT2D eigenvalue weighted by atomic mass is 32.2. The van der Waals surface area contributed by atoms with Crippen molar-refractivity contribution in [3.05, 3.63) is 100 Å². The third kappa shape index (κ3) is 6.41. The van der Waals surface area contributed by atoms with E-state index in [1.54, 1.807) is 41.8 Å². The number of nitrogens with two attached hydrogens (primary N) is 2. The third-order valence-corrected chi connectivity index (χ3v) is 9.78. The van der Waals surface area contributed by atoms with Crippen molar-refractivity contribution >= 4 is 38.6 Å². The Bertz CT molecular complexity index is 1960. The Kier molecular flexibility index (Phi) is 8.21. The van der Waals surface area contributed by atoms with Crippen LogP contribution in [0.25, 0.3) is 10.9 Å². The fraction of sp³-hybridized carbons (Fsp3) is 0.324. The molecule has 0 aliphatic carbocycles. The molecule has 0 radical (unpaired) electrons. The first-order valence-corrected chi connectivity index (χ1v) is 16.8. The molecule has 6 N–H and O–H groups in total. The number of nitrogens with one attached hydrogen (secondary N) is 2. The summed E-state index contributed by atoms with van der Waals surface area (Å²) >= 11 is 0. The SMILES string of the molecule is CC(C)(N)C(=O)NC(Cc1c[nH]c2ccccc12)C(=O)N1CCc2cc(C(=O)N3CCc4ccc(S(N)(=O)=O)cc4C3)ccc2C1. The standard InChI is InChI=1S/C34H38N6O5S/c1-34(2,35)33(43)38-30(17-25-18-37-29-6-4-3-5-28(25)29)32(42)40-14-12-22-15-23(7-8-24(22)19-40)31(41)39-13-11-21-9-10-27(46(36,44)45)16-26(21)20-39/h3-10,15-16,18,30,37H,11-14,17,19-20,35H2,1-2H3,(H,38,43)(H2,36,44,45). The first-order chi connectivity index (χ1) is 21.8. The minimum atomic E-state index is -3.85. The average molecular weight is 643 g/mol. The molecule has 3 amide bonds. The van der Waals surface area contributed by atoms with Crippen LogP contribution < -0.4 is 16.2 Å². The molecular weight excluding hydrogens is 604 g/mol. The zero-order valence-corrected chi connectivity index (χ0v) is 26.7.